The minimum Gasteiger partial charge on any atom is -0.362 e. The molecule has 1 amide bonds. The maximum Gasteiger partial charge on any atom is 0.248 e. The van der Waals surface area contributed by atoms with E-state index in [1.807, 2.05) is 54.0 Å². The van der Waals surface area contributed by atoms with Gasteiger partial charge in [0.1, 0.15) is 0 Å². The fraction of sp³-hybridized carbons (Fsp3) is 0.211. The molecule has 2 aromatic heterocycles. The minimum absolute atomic E-state index is 0.172. The lowest BCUT2D eigenvalue weighted by Gasteiger charge is -2.11. The van der Waals surface area contributed by atoms with Crippen LogP contribution < -0.4 is 16.2 Å². The molecule has 1 aromatic carbocycles. The van der Waals surface area contributed by atoms with Crippen molar-refractivity contribution in [2.45, 2.75) is 18.6 Å². The zero-order chi connectivity index (χ0) is 20.5. The SMILES string of the molecule is CCNC(=S)NNC(=O)CSc1nnc(-c2ccncc2)n1Cc1ccccc1. The van der Waals surface area contributed by atoms with Gasteiger partial charge in [-0.05, 0) is 36.8 Å². The number of hydrogen-bond acceptors (Lipinski definition) is 6. The molecule has 2 heterocycles. The first-order valence-corrected chi connectivity index (χ1v) is 10.4. The van der Waals surface area contributed by atoms with E-state index in [-0.39, 0.29) is 11.7 Å². The van der Waals surface area contributed by atoms with Gasteiger partial charge in [-0.2, -0.15) is 0 Å². The van der Waals surface area contributed by atoms with E-state index in [0.717, 1.165) is 17.0 Å². The molecule has 0 bridgehead atoms. The fourth-order valence-electron chi connectivity index (χ4n) is 2.52. The average Bonchev–Trinajstić information content (AvgIpc) is 3.14. The molecule has 0 saturated carbocycles. The molecule has 0 aliphatic heterocycles. The number of nitrogens with zero attached hydrogens (tertiary/aromatic N) is 4. The second-order valence-electron chi connectivity index (χ2n) is 5.94. The summed E-state index contributed by atoms with van der Waals surface area (Å²) in [5.41, 5.74) is 7.26. The minimum atomic E-state index is -0.213. The van der Waals surface area contributed by atoms with Gasteiger partial charge in [0, 0.05) is 24.5 Å². The monoisotopic (exact) mass is 427 g/mol. The third kappa shape index (κ3) is 6.00. The molecule has 0 unspecified atom stereocenters. The Bertz CT molecular complexity index is 948. The van der Waals surface area contributed by atoms with E-state index < -0.39 is 0 Å². The molecule has 0 spiro atoms. The largest absolute Gasteiger partial charge is 0.362 e. The molecule has 10 heteroatoms. The standard InChI is InChI=1S/C19H21N7OS2/c1-2-21-18(28)24-22-16(27)13-29-19-25-23-17(15-8-10-20-11-9-15)26(19)12-14-6-4-3-5-7-14/h3-11H,2,12-13H2,1H3,(H,22,27)(H2,21,24,28). The van der Waals surface area contributed by atoms with Crippen molar-refractivity contribution in [1.82, 2.24) is 35.9 Å². The summed E-state index contributed by atoms with van der Waals surface area (Å²) in [6.07, 6.45) is 3.44. The molecule has 0 fully saturated rings. The number of carbonyl (C=O) groups is 1. The number of nitrogens with one attached hydrogen (secondary N) is 3. The summed E-state index contributed by atoms with van der Waals surface area (Å²) < 4.78 is 2.00. The van der Waals surface area contributed by atoms with E-state index in [4.69, 9.17) is 12.2 Å². The average molecular weight is 428 g/mol. The van der Waals surface area contributed by atoms with Crippen molar-refractivity contribution in [3.63, 3.8) is 0 Å². The first kappa shape index (κ1) is 20.7. The Morgan fingerprint density at radius 3 is 2.59 bits per heavy atom. The Morgan fingerprint density at radius 1 is 1.10 bits per heavy atom. The normalized spacial score (nSPS) is 10.4. The Hall–Kier alpha value is -2.98. The van der Waals surface area contributed by atoms with Crippen LogP contribution in [0.25, 0.3) is 11.4 Å². The number of benzene rings is 1. The van der Waals surface area contributed by atoms with Crippen molar-refractivity contribution in [2.24, 2.45) is 0 Å². The number of rotatable bonds is 7. The van der Waals surface area contributed by atoms with Crippen molar-refractivity contribution < 1.29 is 4.79 Å². The first-order valence-electron chi connectivity index (χ1n) is 9.00. The lowest BCUT2D eigenvalue weighted by atomic mass is 10.2. The molecule has 0 radical (unpaired) electrons. The number of carbonyl (C=O) groups excluding carboxylic acids is 1. The summed E-state index contributed by atoms with van der Waals surface area (Å²) in [7, 11) is 0. The summed E-state index contributed by atoms with van der Waals surface area (Å²) in [5.74, 6) is 0.686. The predicted octanol–water partition coefficient (Wildman–Crippen LogP) is 2.00. The number of hydrogen-bond donors (Lipinski definition) is 3. The van der Waals surface area contributed by atoms with Gasteiger partial charge < -0.3 is 5.32 Å². The van der Waals surface area contributed by atoms with Gasteiger partial charge in [-0.1, -0.05) is 42.1 Å². The Balaban J connectivity index is 1.73. The van der Waals surface area contributed by atoms with Gasteiger partial charge in [-0.15, -0.1) is 10.2 Å². The van der Waals surface area contributed by atoms with E-state index in [0.29, 0.717) is 23.4 Å². The van der Waals surface area contributed by atoms with E-state index >= 15 is 0 Å². The molecular formula is C19H21N7OS2. The first-order chi connectivity index (χ1) is 14.2. The number of thioether (sulfide) groups is 1. The maximum atomic E-state index is 12.1. The second kappa shape index (κ2) is 10.5. The predicted molar refractivity (Wildman–Crippen MR) is 117 cm³/mol. The Morgan fingerprint density at radius 2 is 1.86 bits per heavy atom. The summed E-state index contributed by atoms with van der Waals surface area (Å²) >= 11 is 6.34. The van der Waals surface area contributed by atoms with Gasteiger partial charge in [-0.3, -0.25) is 25.2 Å². The zero-order valence-corrected chi connectivity index (χ0v) is 17.5. The van der Waals surface area contributed by atoms with E-state index in [1.54, 1.807) is 12.4 Å². The van der Waals surface area contributed by atoms with Gasteiger partial charge >= 0.3 is 0 Å². The van der Waals surface area contributed by atoms with Gasteiger partial charge in [0.25, 0.3) is 0 Å². The lowest BCUT2D eigenvalue weighted by molar-refractivity contribution is -0.119. The third-order valence-electron chi connectivity index (χ3n) is 3.82. The number of hydrazine groups is 1. The number of amides is 1. The van der Waals surface area contributed by atoms with Crippen molar-refractivity contribution in [1.29, 1.82) is 0 Å². The molecule has 150 valence electrons. The third-order valence-corrected chi connectivity index (χ3v) is 5.04. The summed E-state index contributed by atoms with van der Waals surface area (Å²) in [6.45, 7) is 3.20. The molecular weight excluding hydrogens is 406 g/mol. The van der Waals surface area contributed by atoms with E-state index in [9.17, 15) is 4.79 Å². The van der Waals surface area contributed by atoms with Crippen LogP contribution in [-0.4, -0.2) is 43.1 Å². The Labute approximate surface area is 178 Å². The summed E-state index contributed by atoms with van der Waals surface area (Å²) in [6, 6.07) is 13.8. The molecule has 3 rings (SSSR count). The lowest BCUT2D eigenvalue weighted by Crippen LogP contribution is -2.47. The van der Waals surface area contributed by atoms with Crippen molar-refractivity contribution in [3.8, 4) is 11.4 Å². The van der Waals surface area contributed by atoms with Crippen LogP contribution in [0.1, 0.15) is 12.5 Å². The molecule has 29 heavy (non-hydrogen) atoms. The topological polar surface area (TPSA) is 96.8 Å². The second-order valence-corrected chi connectivity index (χ2v) is 7.29. The zero-order valence-electron chi connectivity index (χ0n) is 15.8. The quantitative estimate of drug-likeness (QED) is 0.299. The van der Waals surface area contributed by atoms with Gasteiger partial charge in [0.15, 0.2) is 16.1 Å². The molecule has 0 aliphatic rings. The number of pyridine rings is 1. The smallest absolute Gasteiger partial charge is 0.248 e. The Kier molecular flexibility index (Phi) is 7.54. The highest BCUT2D eigenvalue weighted by Gasteiger charge is 2.16. The molecule has 8 nitrogen and oxygen atoms in total. The molecule has 0 aliphatic carbocycles. The molecule has 3 aromatic rings. The van der Waals surface area contributed by atoms with Crippen LogP contribution >= 0.6 is 24.0 Å². The van der Waals surface area contributed by atoms with E-state index in [2.05, 4.69) is 31.3 Å². The van der Waals surface area contributed by atoms with Gasteiger partial charge in [-0.25, -0.2) is 0 Å². The van der Waals surface area contributed by atoms with Crippen LogP contribution in [0.5, 0.6) is 0 Å². The van der Waals surface area contributed by atoms with Crippen LogP contribution in [0.2, 0.25) is 0 Å². The van der Waals surface area contributed by atoms with Crippen LogP contribution in [0, 0.1) is 0 Å². The van der Waals surface area contributed by atoms with Crippen LogP contribution in [-0.2, 0) is 11.3 Å². The highest BCUT2D eigenvalue weighted by Crippen LogP contribution is 2.24. The van der Waals surface area contributed by atoms with Crippen molar-refractivity contribution >= 4 is 35.0 Å². The number of thiocarbonyl (C=S) groups is 1. The highest BCUT2D eigenvalue weighted by atomic mass is 32.2. The maximum absolute atomic E-state index is 12.1. The fourth-order valence-corrected chi connectivity index (χ4v) is 3.45. The van der Waals surface area contributed by atoms with E-state index in [1.165, 1.54) is 11.8 Å². The van der Waals surface area contributed by atoms with Crippen molar-refractivity contribution in [3.05, 3.63) is 60.4 Å². The number of aromatic nitrogens is 4. The molecule has 3 N–H and O–H groups in total. The highest BCUT2D eigenvalue weighted by molar-refractivity contribution is 7.99. The van der Waals surface area contributed by atoms with Gasteiger partial charge in [0.2, 0.25) is 5.91 Å². The van der Waals surface area contributed by atoms with Crippen molar-refractivity contribution in [2.75, 3.05) is 12.3 Å². The van der Waals surface area contributed by atoms with Crippen LogP contribution in [0.3, 0.4) is 0 Å². The van der Waals surface area contributed by atoms with Crippen LogP contribution in [0.4, 0.5) is 0 Å². The summed E-state index contributed by atoms with van der Waals surface area (Å²) in [4.78, 5) is 16.2. The van der Waals surface area contributed by atoms with Gasteiger partial charge in [0.05, 0.1) is 12.3 Å². The molecule has 0 atom stereocenters. The summed E-state index contributed by atoms with van der Waals surface area (Å²) in [5, 5.41) is 12.6. The molecule has 0 saturated heterocycles. The van der Waals surface area contributed by atoms with Crippen LogP contribution in [0.15, 0.2) is 60.0 Å².